The van der Waals surface area contributed by atoms with Crippen LogP contribution in [0.4, 0.5) is 0 Å². The molecule has 1 unspecified atom stereocenters. The van der Waals surface area contributed by atoms with Crippen molar-refractivity contribution >= 4 is 33.7 Å². The summed E-state index contributed by atoms with van der Waals surface area (Å²) < 4.78 is 11.2. The van der Waals surface area contributed by atoms with Crippen LogP contribution in [0.3, 0.4) is 0 Å². The van der Waals surface area contributed by atoms with E-state index in [9.17, 15) is 4.55 Å². The molecule has 0 bridgehead atoms. The Kier molecular flexibility index (Phi) is 2.63. The van der Waals surface area contributed by atoms with Gasteiger partial charge in [-0.2, -0.15) is 0 Å². The van der Waals surface area contributed by atoms with Gasteiger partial charge in [0.2, 0.25) is 0 Å². The molecule has 0 fully saturated rings. The van der Waals surface area contributed by atoms with Crippen molar-refractivity contribution in [1.29, 1.82) is 0 Å². The first-order valence-corrected chi connectivity index (χ1v) is 6.00. The summed E-state index contributed by atoms with van der Waals surface area (Å²) in [4.78, 5) is 4.93. The minimum atomic E-state index is -0.980. The van der Waals surface area contributed by atoms with E-state index in [1.165, 1.54) is 0 Å². The zero-order valence-corrected chi connectivity index (χ0v) is 9.10. The molecule has 0 aliphatic rings. The molecule has 2 aromatic rings. The molecule has 0 aliphatic carbocycles. The monoisotopic (exact) mass is 225 g/mol. The molecule has 4 heteroatoms. The van der Waals surface area contributed by atoms with E-state index in [1.807, 2.05) is 18.2 Å². The summed E-state index contributed by atoms with van der Waals surface area (Å²) in [6, 6.07) is 7.19. The Labute approximate surface area is 90.1 Å². The Balaban J connectivity index is 2.70. The van der Waals surface area contributed by atoms with E-state index in [1.54, 1.807) is 18.5 Å². The lowest BCUT2D eigenvalue weighted by atomic mass is 10.2. The van der Waals surface area contributed by atoms with Crippen LogP contribution in [-0.2, 0) is 11.2 Å². The highest BCUT2D eigenvalue weighted by Gasteiger charge is 2.07. The fourth-order valence-corrected chi connectivity index (χ4v) is 2.02. The molecule has 0 saturated heterocycles. The van der Waals surface area contributed by atoms with Gasteiger partial charge in [-0.1, -0.05) is 11.6 Å². The topological polar surface area (TPSA) is 36.0 Å². The van der Waals surface area contributed by atoms with Crippen LogP contribution in [-0.4, -0.2) is 15.8 Å². The lowest BCUT2D eigenvalue weighted by Crippen LogP contribution is -1.96. The maximum Gasteiger partial charge on any atom is 0.153 e. The number of rotatable bonds is 1. The van der Waals surface area contributed by atoms with Gasteiger partial charge < -0.3 is 4.55 Å². The molecule has 0 spiro atoms. The summed E-state index contributed by atoms with van der Waals surface area (Å²) in [6.07, 6.45) is 3.30. The first kappa shape index (κ1) is 9.77. The number of hydrogen-bond acceptors (Lipinski definition) is 2. The molecule has 1 aromatic heterocycles. The second-order valence-corrected chi connectivity index (χ2v) is 4.71. The Morgan fingerprint density at radius 2 is 2.14 bits per heavy atom. The van der Waals surface area contributed by atoms with E-state index in [2.05, 4.69) is 4.98 Å². The van der Waals surface area contributed by atoms with Crippen LogP contribution >= 0.6 is 11.6 Å². The summed E-state index contributed by atoms with van der Waals surface area (Å²) >= 11 is 5.02. The number of halogens is 1. The summed E-state index contributed by atoms with van der Waals surface area (Å²) in [6.45, 7) is 0. The maximum absolute atomic E-state index is 11.2. The van der Waals surface area contributed by atoms with Crippen molar-refractivity contribution in [3.8, 4) is 0 Å². The van der Waals surface area contributed by atoms with Crippen LogP contribution < -0.4 is 0 Å². The molecule has 1 atom stereocenters. The van der Waals surface area contributed by atoms with Crippen molar-refractivity contribution in [3.63, 3.8) is 0 Å². The molecule has 0 saturated carbocycles. The normalized spacial score (nSPS) is 13.1. The molecule has 2 rings (SSSR count). The molecular weight excluding hydrogens is 218 g/mol. The molecule has 0 radical (unpaired) electrons. The van der Waals surface area contributed by atoms with Crippen LogP contribution in [0.25, 0.3) is 10.9 Å². The maximum atomic E-state index is 11.2. The van der Waals surface area contributed by atoms with Gasteiger partial charge >= 0.3 is 0 Å². The molecule has 0 aliphatic heterocycles. The van der Waals surface area contributed by atoms with Gasteiger partial charge in [0.25, 0.3) is 0 Å². The minimum Gasteiger partial charge on any atom is -0.612 e. The van der Waals surface area contributed by atoms with E-state index in [-0.39, 0.29) is 0 Å². The van der Waals surface area contributed by atoms with E-state index >= 15 is 0 Å². The van der Waals surface area contributed by atoms with Gasteiger partial charge in [0.1, 0.15) is 6.26 Å². The predicted molar refractivity (Wildman–Crippen MR) is 59.1 cm³/mol. The second kappa shape index (κ2) is 3.77. The van der Waals surface area contributed by atoms with Crippen molar-refractivity contribution in [2.45, 2.75) is 4.90 Å². The highest BCUT2D eigenvalue weighted by atomic mass is 35.5. The first-order chi connectivity index (χ1) is 6.68. The fourth-order valence-electron chi connectivity index (χ4n) is 1.27. The molecule has 2 nitrogen and oxygen atoms in total. The molecule has 0 amide bonds. The van der Waals surface area contributed by atoms with Crippen molar-refractivity contribution in [3.05, 3.63) is 35.5 Å². The first-order valence-electron chi connectivity index (χ1n) is 4.06. The summed E-state index contributed by atoms with van der Waals surface area (Å²) in [5, 5.41) is 1.49. The quantitative estimate of drug-likeness (QED) is 0.700. The van der Waals surface area contributed by atoms with Crippen LogP contribution in [0.5, 0.6) is 0 Å². The summed E-state index contributed by atoms with van der Waals surface area (Å²) in [5.74, 6) is 0. The van der Waals surface area contributed by atoms with Gasteiger partial charge in [-0.3, -0.25) is 4.98 Å². The van der Waals surface area contributed by atoms with Crippen LogP contribution in [0.2, 0.25) is 5.02 Å². The zero-order chi connectivity index (χ0) is 10.1. The number of hydrogen-bond donors (Lipinski definition) is 0. The van der Waals surface area contributed by atoms with E-state index in [0.717, 1.165) is 15.8 Å². The van der Waals surface area contributed by atoms with Gasteiger partial charge in [0, 0.05) is 17.6 Å². The third kappa shape index (κ3) is 1.71. The summed E-state index contributed by atoms with van der Waals surface area (Å²) in [5.41, 5.74) is 0.826. The lowest BCUT2D eigenvalue weighted by molar-refractivity contribution is 0.601. The number of nitrogens with zero attached hydrogens (tertiary/aromatic N) is 1. The number of aromatic nitrogens is 1. The van der Waals surface area contributed by atoms with Gasteiger partial charge in [-0.05, 0) is 29.4 Å². The van der Waals surface area contributed by atoms with Crippen molar-refractivity contribution in [2.75, 3.05) is 6.26 Å². The summed E-state index contributed by atoms with van der Waals surface area (Å²) in [7, 11) is 0. The van der Waals surface area contributed by atoms with E-state index < -0.39 is 11.2 Å². The third-order valence-corrected chi connectivity index (χ3v) is 3.24. The standard InChI is InChI=1S/C10H8ClNOS/c1-14(13)7-2-3-10-8(6-7)9(11)4-5-12-10/h2-6H,1H3. The van der Waals surface area contributed by atoms with E-state index in [4.69, 9.17) is 11.6 Å². The molecule has 14 heavy (non-hydrogen) atoms. The van der Waals surface area contributed by atoms with Crippen LogP contribution in [0.1, 0.15) is 0 Å². The van der Waals surface area contributed by atoms with Crippen LogP contribution in [0.15, 0.2) is 35.4 Å². The fraction of sp³-hybridized carbons (Fsp3) is 0.100. The average molecular weight is 226 g/mol. The molecule has 1 heterocycles. The second-order valence-electron chi connectivity index (χ2n) is 2.93. The molecular formula is C10H8ClNOS. The Morgan fingerprint density at radius 3 is 2.86 bits per heavy atom. The number of pyridine rings is 1. The van der Waals surface area contributed by atoms with Gasteiger partial charge in [0.15, 0.2) is 4.90 Å². The predicted octanol–water partition coefficient (Wildman–Crippen LogP) is 2.63. The smallest absolute Gasteiger partial charge is 0.153 e. The highest BCUT2D eigenvalue weighted by Crippen LogP contribution is 2.24. The van der Waals surface area contributed by atoms with Crippen molar-refractivity contribution < 1.29 is 4.55 Å². The molecule has 72 valence electrons. The van der Waals surface area contributed by atoms with Gasteiger partial charge in [-0.25, -0.2) is 0 Å². The van der Waals surface area contributed by atoms with Gasteiger partial charge in [0.05, 0.1) is 10.5 Å². The lowest BCUT2D eigenvalue weighted by Gasteiger charge is -2.05. The van der Waals surface area contributed by atoms with Crippen molar-refractivity contribution in [2.24, 2.45) is 0 Å². The largest absolute Gasteiger partial charge is 0.612 e. The highest BCUT2D eigenvalue weighted by molar-refractivity contribution is 7.90. The SMILES string of the molecule is C[S+]([O-])c1ccc2nccc(Cl)c2c1. The minimum absolute atomic E-state index is 0.641. The number of fused-ring (bicyclic) bond motifs is 1. The van der Waals surface area contributed by atoms with Crippen molar-refractivity contribution in [1.82, 2.24) is 4.98 Å². The molecule has 1 aromatic carbocycles. The number of benzene rings is 1. The zero-order valence-electron chi connectivity index (χ0n) is 7.53. The average Bonchev–Trinajstić information content (AvgIpc) is 2.18. The van der Waals surface area contributed by atoms with E-state index in [0.29, 0.717) is 5.02 Å². The Morgan fingerprint density at radius 1 is 1.36 bits per heavy atom. The Hall–Kier alpha value is -0.770. The third-order valence-electron chi connectivity index (χ3n) is 1.99. The van der Waals surface area contributed by atoms with Crippen LogP contribution in [0, 0.1) is 0 Å². The van der Waals surface area contributed by atoms with Gasteiger partial charge in [-0.15, -0.1) is 0 Å². The Bertz CT molecular complexity index is 473. The molecule has 0 N–H and O–H groups in total.